The van der Waals surface area contributed by atoms with E-state index in [1.165, 1.54) is 23.5 Å². The predicted octanol–water partition coefficient (Wildman–Crippen LogP) is 3.80. The number of hydrogen-bond donors (Lipinski definition) is 1. The molecule has 0 bridgehead atoms. The number of carbonyl (C=O) groups excluding carboxylic acids is 1. The maximum Gasteiger partial charge on any atom is 0.230 e. The fourth-order valence-corrected chi connectivity index (χ4v) is 3.38. The minimum atomic E-state index is -0.317. The maximum absolute atomic E-state index is 13.2. The minimum Gasteiger partial charge on any atom is -0.302 e. The fourth-order valence-electron chi connectivity index (χ4n) is 2.47. The number of para-hydroxylation sites is 1. The Labute approximate surface area is 146 Å². The molecule has 1 amide bonds. The number of halogens is 1. The van der Waals surface area contributed by atoms with Gasteiger partial charge in [0.1, 0.15) is 5.82 Å². The molecule has 7 heteroatoms. The van der Waals surface area contributed by atoms with E-state index in [0.29, 0.717) is 15.3 Å². The van der Waals surface area contributed by atoms with Crippen molar-refractivity contribution < 1.29 is 9.18 Å². The van der Waals surface area contributed by atoms with Crippen molar-refractivity contribution in [2.75, 3.05) is 5.32 Å². The molecule has 0 atom stereocenters. The summed E-state index contributed by atoms with van der Waals surface area (Å²) in [5.41, 5.74) is 2.40. The number of rotatable bonds is 4. The van der Waals surface area contributed by atoms with Gasteiger partial charge in [0, 0.05) is 6.20 Å². The third kappa shape index (κ3) is 3.41. The lowest BCUT2D eigenvalue weighted by molar-refractivity contribution is -0.115. The second kappa shape index (κ2) is 6.45. The molecule has 4 aromatic rings. The summed E-state index contributed by atoms with van der Waals surface area (Å²) in [6.07, 6.45) is 3.68. The molecule has 2 aromatic heterocycles. The van der Waals surface area contributed by atoms with Crippen molar-refractivity contribution in [3.8, 4) is 5.69 Å². The van der Waals surface area contributed by atoms with E-state index in [0.717, 1.165) is 11.3 Å². The monoisotopic (exact) mass is 352 g/mol. The molecule has 0 saturated carbocycles. The van der Waals surface area contributed by atoms with Crippen molar-refractivity contribution in [2.24, 2.45) is 0 Å². The quantitative estimate of drug-likeness (QED) is 0.608. The molecule has 1 N–H and O–H groups in total. The van der Waals surface area contributed by atoms with E-state index in [1.54, 1.807) is 16.9 Å². The molecule has 0 aliphatic heterocycles. The molecule has 124 valence electrons. The van der Waals surface area contributed by atoms with Crippen LogP contribution in [-0.4, -0.2) is 20.7 Å². The van der Waals surface area contributed by atoms with Gasteiger partial charge in [0.2, 0.25) is 5.91 Å². The maximum atomic E-state index is 13.2. The smallest absolute Gasteiger partial charge is 0.230 e. The first-order chi connectivity index (χ1) is 12.2. The molecule has 2 aromatic carbocycles. The largest absolute Gasteiger partial charge is 0.302 e. The topological polar surface area (TPSA) is 59.8 Å². The van der Waals surface area contributed by atoms with Gasteiger partial charge in [-0.3, -0.25) is 4.79 Å². The lowest BCUT2D eigenvalue weighted by atomic mass is 10.2. The number of fused-ring (bicyclic) bond motifs is 1. The molecule has 5 nitrogen and oxygen atoms in total. The highest BCUT2D eigenvalue weighted by molar-refractivity contribution is 7.22. The standard InChI is InChI=1S/C18H13FN4OS/c19-13-6-7-15-16(9-13)25-18(21-15)22-17(24)8-12-10-20-23(11-12)14-4-2-1-3-5-14/h1-7,9-11H,8H2,(H,21,22,24). The van der Waals surface area contributed by atoms with E-state index in [2.05, 4.69) is 15.4 Å². The van der Waals surface area contributed by atoms with Crippen LogP contribution < -0.4 is 5.32 Å². The molecule has 0 radical (unpaired) electrons. The zero-order valence-electron chi connectivity index (χ0n) is 13.0. The van der Waals surface area contributed by atoms with Crippen molar-refractivity contribution in [1.29, 1.82) is 0 Å². The highest BCUT2D eigenvalue weighted by Crippen LogP contribution is 2.26. The zero-order chi connectivity index (χ0) is 17.2. The van der Waals surface area contributed by atoms with Crippen LogP contribution >= 0.6 is 11.3 Å². The van der Waals surface area contributed by atoms with Gasteiger partial charge < -0.3 is 5.32 Å². The van der Waals surface area contributed by atoms with Gasteiger partial charge in [0.05, 0.1) is 28.5 Å². The number of carbonyl (C=O) groups is 1. The first-order valence-electron chi connectivity index (χ1n) is 7.62. The summed E-state index contributed by atoms with van der Waals surface area (Å²) in [4.78, 5) is 16.5. The Balaban J connectivity index is 1.46. The summed E-state index contributed by atoms with van der Waals surface area (Å²) in [7, 11) is 0. The van der Waals surface area contributed by atoms with Crippen LogP contribution in [-0.2, 0) is 11.2 Å². The second-order valence-electron chi connectivity index (χ2n) is 5.48. The van der Waals surface area contributed by atoms with E-state index in [1.807, 2.05) is 36.5 Å². The number of anilines is 1. The summed E-state index contributed by atoms with van der Waals surface area (Å²) < 4.78 is 15.6. The third-order valence-electron chi connectivity index (χ3n) is 3.62. The highest BCUT2D eigenvalue weighted by atomic mass is 32.1. The molecule has 25 heavy (non-hydrogen) atoms. The summed E-state index contributed by atoms with van der Waals surface area (Å²) in [5, 5.41) is 7.49. The number of nitrogens with zero attached hydrogens (tertiary/aromatic N) is 3. The normalized spacial score (nSPS) is 10.9. The van der Waals surface area contributed by atoms with Crippen LogP contribution in [0.1, 0.15) is 5.56 Å². The second-order valence-corrected chi connectivity index (χ2v) is 6.52. The lowest BCUT2D eigenvalue weighted by Gasteiger charge is -2.00. The van der Waals surface area contributed by atoms with Crippen LogP contribution in [0, 0.1) is 5.82 Å². The van der Waals surface area contributed by atoms with Crippen molar-refractivity contribution >= 4 is 32.6 Å². The number of thiazole rings is 1. The van der Waals surface area contributed by atoms with Crippen LogP contribution in [0.3, 0.4) is 0 Å². The van der Waals surface area contributed by atoms with E-state index in [9.17, 15) is 9.18 Å². The summed E-state index contributed by atoms with van der Waals surface area (Å²) >= 11 is 1.25. The average Bonchev–Trinajstić information content (AvgIpc) is 3.21. The Morgan fingerprint density at radius 3 is 2.88 bits per heavy atom. The minimum absolute atomic E-state index is 0.188. The van der Waals surface area contributed by atoms with Crippen molar-refractivity contribution in [3.05, 3.63) is 72.3 Å². The summed E-state index contributed by atoms with van der Waals surface area (Å²) in [6.45, 7) is 0. The Morgan fingerprint density at radius 2 is 2.04 bits per heavy atom. The van der Waals surface area contributed by atoms with Crippen LogP contribution in [0.4, 0.5) is 9.52 Å². The fraction of sp³-hybridized carbons (Fsp3) is 0.0556. The molecular weight excluding hydrogens is 339 g/mol. The zero-order valence-corrected chi connectivity index (χ0v) is 13.8. The van der Waals surface area contributed by atoms with Crippen LogP contribution in [0.15, 0.2) is 60.9 Å². The Hall–Kier alpha value is -3.06. The molecule has 0 spiro atoms. The molecule has 0 aliphatic carbocycles. The Kier molecular flexibility index (Phi) is 3.99. The summed E-state index contributed by atoms with van der Waals surface area (Å²) in [5.74, 6) is -0.505. The van der Waals surface area contributed by atoms with Crippen molar-refractivity contribution in [2.45, 2.75) is 6.42 Å². The van der Waals surface area contributed by atoms with Gasteiger partial charge >= 0.3 is 0 Å². The van der Waals surface area contributed by atoms with Gasteiger partial charge in [-0.15, -0.1) is 0 Å². The van der Waals surface area contributed by atoms with E-state index in [-0.39, 0.29) is 18.1 Å². The van der Waals surface area contributed by atoms with E-state index < -0.39 is 0 Å². The van der Waals surface area contributed by atoms with Gasteiger partial charge in [-0.1, -0.05) is 29.5 Å². The average molecular weight is 352 g/mol. The first-order valence-corrected chi connectivity index (χ1v) is 8.44. The molecule has 4 rings (SSSR count). The number of benzene rings is 2. The van der Waals surface area contributed by atoms with Crippen molar-refractivity contribution in [3.63, 3.8) is 0 Å². The highest BCUT2D eigenvalue weighted by Gasteiger charge is 2.11. The Morgan fingerprint density at radius 1 is 1.20 bits per heavy atom. The van der Waals surface area contributed by atoms with Crippen molar-refractivity contribution in [1.82, 2.24) is 14.8 Å². The Bertz CT molecular complexity index is 1040. The molecule has 0 aliphatic rings. The molecule has 0 fully saturated rings. The van der Waals surface area contributed by atoms with Gasteiger partial charge in [-0.2, -0.15) is 5.10 Å². The predicted molar refractivity (Wildman–Crippen MR) is 95.5 cm³/mol. The van der Waals surface area contributed by atoms with Crippen LogP contribution in [0.25, 0.3) is 15.9 Å². The molecular formula is C18H13FN4OS. The SMILES string of the molecule is O=C(Cc1cnn(-c2ccccc2)c1)Nc1nc2ccc(F)cc2s1. The van der Waals surface area contributed by atoms with Gasteiger partial charge in [0.25, 0.3) is 0 Å². The number of nitrogens with one attached hydrogen (secondary N) is 1. The van der Waals surface area contributed by atoms with E-state index in [4.69, 9.17) is 0 Å². The first kappa shape index (κ1) is 15.5. The number of amides is 1. The van der Waals surface area contributed by atoms with Gasteiger partial charge in [-0.25, -0.2) is 14.1 Å². The third-order valence-corrected chi connectivity index (χ3v) is 4.55. The molecule has 0 unspecified atom stereocenters. The molecule has 0 saturated heterocycles. The number of aromatic nitrogens is 3. The number of hydrogen-bond acceptors (Lipinski definition) is 4. The van der Waals surface area contributed by atoms with Crippen LogP contribution in [0.5, 0.6) is 0 Å². The van der Waals surface area contributed by atoms with Gasteiger partial charge in [-0.05, 0) is 35.9 Å². The van der Waals surface area contributed by atoms with Gasteiger partial charge in [0.15, 0.2) is 5.13 Å². The molecule has 2 heterocycles. The van der Waals surface area contributed by atoms with Crippen LogP contribution in [0.2, 0.25) is 0 Å². The summed E-state index contributed by atoms with van der Waals surface area (Å²) in [6, 6.07) is 14.0. The lowest BCUT2D eigenvalue weighted by Crippen LogP contribution is -2.13. The van der Waals surface area contributed by atoms with E-state index >= 15 is 0 Å².